The predicted molar refractivity (Wildman–Crippen MR) is 227 cm³/mol. The summed E-state index contributed by atoms with van der Waals surface area (Å²) in [5.41, 5.74) is 3.84. The molecule has 0 spiro atoms. The average molecular weight is 833 g/mol. The molecule has 0 bridgehead atoms. The Morgan fingerprint density at radius 1 is 0.453 bits per heavy atom. The monoisotopic (exact) mass is 832 g/mol. The number of nitrogens with one attached hydrogen (secondary N) is 2. The Hall–Kier alpha value is -3.36. The molecule has 0 aromatic heterocycles. The maximum absolute atomic E-state index is 5.70. The summed E-state index contributed by atoms with van der Waals surface area (Å²) in [6.45, 7) is 12.2. The molecule has 4 atom stereocenters. The van der Waals surface area contributed by atoms with E-state index in [9.17, 15) is 0 Å². The molecule has 6 nitrogen and oxygen atoms in total. The average Bonchev–Trinajstić information content (AvgIpc) is 3.19. The van der Waals surface area contributed by atoms with Crippen LogP contribution in [0.25, 0.3) is 32.2 Å². The maximum Gasteiger partial charge on any atom is 0 e. The summed E-state index contributed by atoms with van der Waals surface area (Å²) in [4.78, 5) is 4.42. The summed E-state index contributed by atoms with van der Waals surface area (Å²) in [6, 6.07) is 49.7. The van der Waals surface area contributed by atoms with Crippen molar-refractivity contribution in [3.8, 4) is 0 Å². The summed E-state index contributed by atoms with van der Waals surface area (Å²) < 4.78 is 0. The van der Waals surface area contributed by atoms with Gasteiger partial charge in [-0.2, -0.15) is 0 Å². The van der Waals surface area contributed by atoms with E-state index < -0.39 is 0 Å². The zero-order valence-electron chi connectivity index (χ0n) is 30.9. The van der Waals surface area contributed by atoms with E-state index in [1.165, 1.54) is 10.8 Å². The zero-order valence-corrected chi connectivity index (χ0v) is 34.1. The van der Waals surface area contributed by atoms with Crippen LogP contribution < -0.4 is 10.6 Å². The number of rotatable bonds is 16. The van der Waals surface area contributed by atoms with E-state index in [-0.39, 0.29) is 43.7 Å². The van der Waals surface area contributed by atoms with Crippen molar-refractivity contribution in [3.05, 3.63) is 167 Å². The molecule has 0 aliphatic carbocycles. The molecule has 53 heavy (non-hydrogen) atoms. The van der Waals surface area contributed by atoms with Gasteiger partial charge in [0.2, 0.25) is 0 Å². The molecule has 0 aliphatic heterocycles. The summed E-state index contributed by atoms with van der Waals surface area (Å²) in [6.07, 6.45) is -0.379. The quantitative estimate of drug-likeness (QED) is 0.0576. The number of benzene rings is 6. The Labute approximate surface area is 341 Å². The van der Waals surface area contributed by atoms with Crippen LogP contribution in [0.15, 0.2) is 146 Å². The summed E-state index contributed by atoms with van der Waals surface area (Å²) in [7, 11) is 0. The molecule has 6 rings (SSSR count). The standard InChI is InChI=1S/2C22H26N3S.Pd/c2*1-3-25(4-2)22(26)24-21(18-12-6-5-7-13-18)23-20-16-10-14-17-11-8-9-15-19(17)20;/h2*5-16,21-22,24,26H,3-4H2,1-2H3;/q2*-1;/p-2. The van der Waals surface area contributed by atoms with Gasteiger partial charge in [-0.05, 0) is 71.2 Å². The number of hydrogen-bond donors (Lipinski definition) is 2. The van der Waals surface area contributed by atoms with Crippen molar-refractivity contribution in [2.75, 3.05) is 26.2 Å². The van der Waals surface area contributed by atoms with Gasteiger partial charge < -0.3 is 56.3 Å². The minimum absolute atomic E-state index is 0. The van der Waals surface area contributed by atoms with Gasteiger partial charge in [-0.3, -0.25) is 0 Å². The third-order valence-electron chi connectivity index (χ3n) is 9.19. The molecule has 0 heterocycles. The Morgan fingerprint density at radius 3 is 1.13 bits per heavy atom. The molecule has 9 heteroatoms. The SMILES string of the molecule is CCN(CC)C([S-])NC([N-]c1cccc2ccccc12)c1ccccc1.CCN(CC)C([S-])NC([N-]c1cccc2ccccc12)c1ccccc1.[Pd]. The molecule has 282 valence electrons. The Bertz CT molecular complexity index is 1770. The minimum atomic E-state index is -0.190. The fourth-order valence-electron chi connectivity index (χ4n) is 6.20. The van der Waals surface area contributed by atoms with E-state index in [0.29, 0.717) is 0 Å². The van der Waals surface area contributed by atoms with Gasteiger partial charge in [-0.25, -0.2) is 0 Å². The van der Waals surface area contributed by atoms with E-state index in [2.05, 4.69) is 157 Å². The smallest absolute Gasteiger partial charge is 0 e. The molecule has 0 amide bonds. The van der Waals surface area contributed by atoms with Crippen LogP contribution in [0.3, 0.4) is 0 Å². The molecule has 4 unspecified atom stereocenters. The molecule has 0 fully saturated rings. The van der Waals surface area contributed by atoms with Crippen LogP contribution in [-0.4, -0.2) is 47.0 Å². The van der Waals surface area contributed by atoms with Crippen LogP contribution in [-0.2, 0) is 45.7 Å². The van der Waals surface area contributed by atoms with Crippen molar-refractivity contribution in [2.24, 2.45) is 0 Å². The van der Waals surface area contributed by atoms with Crippen LogP contribution >= 0.6 is 0 Å². The topological polar surface area (TPSA) is 58.7 Å². The van der Waals surface area contributed by atoms with Gasteiger partial charge in [0.25, 0.3) is 0 Å². The number of fused-ring (bicyclic) bond motifs is 2. The Balaban J connectivity index is 0.000000232. The van der Waals surface area contributed by atoms with E-state index in [1.54, 1.807) is 0 Å². The molecule has 6 aromatic carbocycles. The van der Waals surface area contributed by atoms with Gasteiger partial charge >= 0.3 is 0 Å². The number of nitrogens with zero attached hydrogens (tertiary/aromatic N) is 4. The van der Waals surface area contributed by atoms with Crippen LogP contribution in [0.1, 0.15) is 51.2 Å². The normalized spacial score (nSPS) is 13.4. The van der Waals surface area contributed by atoms with Gasteiger partial charge in [0, 0.05) is 20.4 Å². The molecular formula is C44H50N6PdS2-4. The van der Waals surface area contributed by atoms with Crippen molar-refractivity contribution >= 4 is 58.2 Å². The van der Waals surface area contributed by atoms with Gasteiger partial charge in [0.15, 0.2) is 0 Å². The summed E-state index contributed by atoms with van der Waals surface area (Å²) in [5.74, 6) is 0. The second kappa shape index (κ2) is 22.1. The fourth-order valence-corrected chi connectivity index (χ4v) is 7.05. The van der Waals surface area contributed by atoms with Gasteiger partial charge in [0.05, 0.1) is 0 Å². The minimum Gasteiger partial charge on any atom is -0.759 e. The number of hydrogen-bond acceptors (Lipinski definition) is 6. The van der Waals surface area contributed by atoms with Gasteiger partial charge in [-0.15, -0.1) is 11.4 Å². The van der Waals surface area contributed by atoms with Crippen molar-refractivity contribution in [2.45, 2.75) is 51.0 Å². The van der Waals surface area contributed by atoms with Crippen LogP contribution in [0.2, 0.25) is 0 Å². The largest absolute Gasteiger partial charge is 0.759 e. The molecule has 0 aliphatic rings. The zero-order chi connectivity index (χ0) is 36.7. The first kappa shape index (κ1) is 42.4. The third-order valence-corrected chi connectivity index (χ3v) is 10.1. The molecular weight excluding hydrogens is 783 g/mol. The summed E-state index contributed by atoms with van der Waals surface area (Å²) in [5, 5.41) is 21.8. The predicted octanol–water partition coefficient (Wildman–Crippen LogP) is 10.6. The van der Waals surface area contributed by atoms with Crippen molar-refractivity contribution in [1.29, 1.82) is 0 Å². The van der Waals surface area contributed by atoms with Gasteiger partial charge in [0.1, 0.15) is 0 Å². The van der Waals surface area contributed by atoms with E-state index in [0.717, 1.165) is 59.5 Å². The molecule has 6 aromatic rings. The van der Waals surface area contributed by atoms with E-state index in [4.69, 9.17) is 35.9 Å². The van der Waals surface area contributed by atoms with Crippen LogP contribution in [0.4, 0.5) is 11.4 Å². The first-order valence-electron chi connectivity index (χ1n) is 18.2. The maximum atomic E-state index is 5.70. The molecule has 0 radical (unpaired) electrons. The first-order chi connectivity index (χ1) is 25.4. The molecule has 2 N–H and O–H groups in total. The Kier molecular flexibility index (Phi) is 17.7. The Morgan fingerprint density at radius 2 is 0.774 bits per heavy atom. The summed E-state index contributed by atoms with van der Waals surface area (Å²) >= 11 is 11.4. The van der Waals surface area contributed by atoms with Crippen LogP contribution in [0.5, 0.6) is 0 Å². The second-order valence-electron chi connectivity index (χ2n) is 12.4. The van der Waals surface area contributed by atoms with Crippen molar-refractivity contribution in [3.63, 3.8) is 0 Å². The molecule has 0 saturated carbocycles. The molecule has 0 saturated heterocycles. The van der Waals surface area contributed by atoms with Crippen molar-refractivity contribution in [1.82, 2.24) is 20.4 Å². The third kappa shape index (κ3) is 11.8. The second-order valence-corrected chi connectivity index (χ2v) is 13.3. The van der Waals surface area contributed by atoms with Gasteiger partial charge in [-0.1, -0.05) is 184 Å². The fraction of sp³-hybridized carbons (Fsp3) is 0.273. The van der Waals surface area contributed by atoms with E-state index >= 15 is 0 Å². The first-order valence-corrected chi connectivity index (χ1v) is 19.2. The van der Waals surface area contributed by atoms with Crippen LogP contribution in [0, 0.1) is 0 Å². The van der Waals surface area contributed by atoms with Crippen molar-refractivity contribution < 1.29 is 20.4 Å². The van der Waals surface area contributed by atoms with E-state index in [1.807, 2.05) is 36.4 Å².